The van der Waals surface area contributed by atoms with Gasteiger partial charge in [-0.15, -0.1) is 0 Å². The van der Waals surface area contributed by atoms with Crippen molar-refractivity contribution in [2.24, 2.45) is 0 Å². The van der Waals surface area contributed by atoms with Crippen LogP contribution in [0.1, 0.15) is 20.3 Å². The Morgan fingerprint density at radius 2 is 1.96 bits per heavy atom. The second kappa shape index (κ2) is 7.25. The number of nitrogens with one attached hydrogen (secondary N) is 1. The van der Waals surface area contributed by atoms with Crippen LogP contribution in [0.3, 0.4) is 0 Å². The van der Waals surface area contributed by atoms with Gasteiger partial charge < -0.3 is 14.8 Å². The number of carbonyl (C=O) groups is 1. The first-order valence-corrected chi connectivity index (χ1v) is 8.29. The first kappa shape index (κ1) is 16.2. The predicted octanol–water partition coefficient (Wildman–Crippen LogP) is 4.29. The minimum absolute atomic E-state index is 0.00668. The molecule has 5 nitrogen and oxygen atoms in total. The van der Waals surface area contributed by atoms with Gasteiger partial charge in [-0.1, -0.05) is 31.2 Å². The molecule has 0 radical (unpaired) electrons. The summed E-state index contributed by atoms with van der Waals surface area (Å²) in [6, 6.07) is 14.9. The number of rotatable bonds is 4. The monoisotopic (exact) mass is 326 g/mol. The largest absolute Gasteiger partial charge is 0.492 e. The molecule has 0 fully saturated rings. The first-order valence-electron chi connectivity index (χ1n) is 8.29. The van der Waals surface area contributed by atoms with Crippen LogP contribution >= 0.6 is 0 Å². The summed E-state index contributed by atoms with van der Waals surface area (Å²) in [7, 11) is 0. The summed E-state index contributed by atoms with van der Waals surface area (Å²) in [6.45, 7) is 5.04. The minimum Gasteiger partial charge on any atom is -0.492 e. The van der Waals surface area contributed by atoms with Gasteiger partial charge in [0.1, 0.15) is 17.6 Å². The van der Waals surface area contributed by atoms with Gasteiger partial charge in [-0.25, -0.2) is 4.79 Å². The van der Waals surface area contributed by atoms with Gasteiger partial charge in [0.15, 0.2) is 0 Å². The van der Waals surface area contributed by atoms with E-state index in [1.165, 1.54) is 0 Å². The predicted molar refractivity (Wildman–Crippen MR) is 95.1 cm³/mol. The molecule has 5 heteroatoms. The molecule has 0 unspecified atom stereocenters. The average Bonchev–Trinajstić information content (AvgIpc) is 2.62. The van der Waals surface area contributed by atoms with Gasteiger partial charge in [-0.2, -0.15) is 0 Å². The molecule has 126 valence electrons. The number of fused-ring (bicyclic) bond motifs is 1. The fourth-order valence-corrected chi connectivity index (χ4v) is 2.74. The maximum Gasteiger partial charge on any atom is 0.326 e. The van der Waals surface area contributed by atoms with Crippen LogP contribution in [-0.2, 0) is 0 Å². The van der Waals surface area contributed by atoms with Crippen LogP contribution in [0, 0.1) is 0 Å². The van der Waals surface area contributed by atoms with Gasteiger partial charge in [0.25, 0.3) is 0 Å². The number of para-hydroxylation sites is 4. The smallest absolute Gasteiger partial charge is 0.326 e. The standard InChI is InChI=1S/C19H22N2O3/c1-3-14-13-21(16-10-6-8-12-18(16)24-14)19(22)20-15-9-5-7-11-17(15)23-4-2/h5-12,14H,3-4,13H2,1-2H3,(H,20,22)/t14-/m0/s1. The summed E-state index contributed by atoms with van der Waals surface area (Å²) in [6.07, 6.45) is 0.834. The van der Waals surface area contributed by atoms with Crippen molar-refractivity contribution in [3.8, 4) is 11.5 Å². The minimum atomic E-state index is -0.184. The van der Waals surface area contributed by atoms with Crippen LogP contribution < -0.4 is 19.7 Å². The van der Waals surface area contributed by atoms with E-state index in [0.29, 0.717) is 24.6 Å². The molecule has 0 saturated heterocycles. The molecule has 1 atom stereocenters. The molecule has 2 aromatic rings. The molecule has 1 N–H and O–H groups in total. The zero-order chi connectivity index (χ0) is 16.9. The van der Waals surface area contributed by atoms with Crippen molar-refractivity contribution in [3.05, 3.63) is 48.5 Å². The Morgan fingerprint density at radius 1 is 1.21 bits per heavy atom. The molecule has 24 heavy (non-hydrogen) atoms. The lowest BCUT2D eigenvalue weighted by Crippen LogP contribution is -2.45. The summed E-state index contributed by atoms with van der Waals surface area (Å²) in [5.41, 5.74) is 1.45. The zero-order valence-electron chi connectivity index (χ0n) is 14.0. The normalized spacial score (nSPS) is 16.1. The lowest BCUT2D eigenvalue weighted by Gasteiger charge is -2.34. The molecule has 0 aliphatic carbocycles. The maximum atomic E-state index is 12.9. The van der Waals surface area contributed by atoms with Crippen molar-refractivity contribution in [2.75, 3.05) is 23.4 Å². The van der Waals surface area contributed by atoms with Crippen LogP contribution in [-0.4, -0.2) is 25.3 Å². The van der Waals surface area contributed by atoms with Crippen LogP contribution in [0.15, 0.2) is 48.5 Å². The van der Waals surface area contributed by atoms with Gasteiger partial charge in [-0.3, -0.25) is 4.90 Å². The summed E-state index contributed by atoms with van der Waals surface area (Å²) in [5, 5.41) is 2.96. The number of amides is 2. The third kappa shape index (κ3) is 3.30. The Labute approximate surface area is 142 Å². The van der Waals surface area contributed by atoms with Crippen LogP contribution in [0.2, 0.25) is 0 Å². The first-order chi connectivity index (χ1) is 11.7. The molecule has 1 heterocycles. The van der Waals surface area contributed by atoms with Gasteiger partial charge in [0.2, 0.25) is 0 Å². The molecule has 1 aliphatic rings. The summed E-state index contributed by atoms with van der Waals surface area (Å²) in [5.74, 6) is 1.41. The fraction of sp³-hybridized carbons (Fsp3) is 0.316. The third-order valence-corrected chi connectivity index (χ3v) is 3.96. The fourth-order valence-electron chi connectivity index (χ4n) is 2.74. The van der Waals surface area contributed by atoms with Gasteiger partial charge in [0, 0.05) is 0 Å². The molecule has 0 spiro atoms. The van der Waals surface area contributed by atoms with Crippen molar-refractivity contribution >= 4 is 17.4 Å². The molecule has 2 aromatic carbocycles. The van der Waals surface area contributed by atoms with E-state index in [1.807, 2.05) is 55.5 Å². The quantitative estimate of drug-likeness (QED) is 0.911. The van der Waals surface area contributed by atoms with Crippen molar-refractivity contribution in [1.29, 1.82) is 0 Å². The molecule has 1 aliphatic heterocycles. The van der Waals surface area contributed by atoms with Crippen LogP contribution in [0.5, 0.6) is 11.5 Å². The Bertz CT molecular complexity index is 717. The molecule has 0 saturated carbocycles. The molecule has 3 rings (SSSR count). The van der Waals surface area contributed by atoms with Crippen molar-refractivity contribution in [1.82, 2.24) is 0 Å². The highest BCUT2D eigenvalue weighted by Gasteiger charge is 2.29. The van der Waals surface area contributed by atoms with Crippen molar-refractivity contribution in [3.63, 3.8) is 0 Å². The SMILES string of the molecule is CCOc1ccccc1NC(=O)N1C[C@H](CC)Oc2ccccc21. The summed E-state index contributed by atoms with van der Waals surface area (Å²) >= 11 is 0. The molecule has 0 aromatic heterocycles. The van der Waals surface area contributed by atoms with Gasteiger partial charge >= 0.3 is 6.03 Å². The lowest BCUT2D eigenvalue weighted by molar-refractivity contribution is 0.188. The second-order valence-corrected chi connectivity index (χ2v) is 5.59. The van der Waals surface area contributed by atoms with E-state index in [-0.39, 0.29) is 12.1 Å². The Morgan fingerprint density at radius 3 is 2.75 bits per heavy atom. The van der Waals surface area contributed by atoms with E-state index in [1.54, 1.807) is 4.90 Å². The highest BCUT2D eigenvalue weighted by Crippen LogP contribution is 2.34. The van der Waals surface area contributed by atoms with Crippen molar-refractivity contribution < 1.29 is 14.3 Å². The molecular formula is C19H22N2O3. The van der Waals surface area contributed by atoms with E-state index >= 15 is 0 Å². The molecular weight excluding hydrogens is 304 g/mol. The third-order valence-electron chi connectivity index (χ3n) is 3.96. The van der Waals surface area contributed by atoms with E-state index in [0.717, 1.165) is 17.9 Å². The van der Waals surface area contributed by atoms with Crippen LogP contribution in [0.25, 0.3) is 0 Å². The second-order valence-electron chi connectivity index (χ2n) is 5.59. The Balaban J connectivity index is 1.85. The number of anilines is 2. The topological polar surface area (TPSA) is 50.8 Å². The maximum absolute atomic E-state index is 12.9. The number of benzene rings is 2. The van der Waals surface area contributed by atoms with Gasteiger partial charge in [0.05, 0.1) is 24.5 Å². The highest BCUT2D eigenvalue weighted by molar-refractivity contribution is 6.03. The molecule has 2 amide bonds. The number of hydrogen-bond donors (Lipinski definition) is 1. The average molecular weight is 326 g/mol. The van der Waals surface area contributed by atoms with E-state index < -0.39 is 0 Å². The van der Waals surface area contributed by atoms with Gasteiger partial charge in [-0.05, 0) is 37.6 Å². The summed E-state index contributed by atoms with van der Waals surface area (Å²) in [4.78, 5) is 14.6. The molecule has 0 bridgehead atoms. The number of urea groups is 1. The number of hydrogen-bond acceptors (Lipinski definition) is 3. The number of ether oxygens (including phenoxy) is 2. The Hall–Kier alpha value is -2.69. The number of nitrogens with zero attached hydrogens (tertiary/aromatic N) is 1. The Kier molecular flexibility index (Phi) is 4.89. The van der Waals surface area contributed by atoms with Crippen LogP contribution in [0.4, 0.5) is 16.2 Å². The summed E-state index contributed by atoms with van der Waals surface area (Å²) < 4.78 is 11.5. The zero-order valence-corrected chi connectivity index (χ0v) is 14.0. The lowest BCUT2D eigenvalue weighted by atomic mass is 10.1. The van der Waals surface area contributed by atoms with Crippen molar-refractivity contribution in [2.45, 2.75) is 26.4 Å². The number of carbonyl (C=O) groups excluding carboxylic acids is 1. The van der Waals surface area contributed by atoms with E-state index in [2.05, 4.69) is 12.2 Å². The highest BCUT2D eigenvalue weighted by atomic mass is 16.5. The van der Waals surface area contributed by atoms with E-state index in [4.69, 9.17) is 9.47 Å². The van der Waals surface area contributed by atoms with E-state index in [9.17, 15) is 4.79 Å².